The van der Waals surface area contributed by atoms with E-state index in [0.717, 1.165) is 0 Å². The number of nitriles is 1. The molecule has 0 saturated carbocycles. The number of terminal acetylenes is 1. The van der Waals surface area contributed by atoms with Crippen molar-refractivity contribution >= 4 is 18.0 Å². The summed E-state index contributed by atoms with van der Waals surface area (Å²) in [5.41, 5.74) is -1.11. The third-order valence-electron chi connectivity index (χ3n) is 4.23. The first-order valence-corrected chi connectivity index (χ1v) is 10.6. The normalized spacial score (nSPS) is 11.7. The molecule has 178 valence electrons. The molecule has 2 amide bonds. The van der Waals surface area contributed by atoms with Crippen LogP contribution in [0.4, 0.5) is 15.4 Å². The third kappa shape index (κ3) is 6.52. The van der Waals surface area contributed by atoms with E-state index in [0.29, 0.717) is 21.9 Å². The Bertz CT molecular complexity index is 1150. The minimum absolute atomic E-state index is 0.0628. The van der Waals surface area contributed by atoms with Crippen LogP contribution in [-0.2, 0) is 14.9 Å². The molecule has 0 N–H and O–H groups in total. The molecular weight excluding hydrogens is 434 g/mol. The van der Waals surface area contributed by atoms with Crippen molar-refractivity contribution in [1.29, 1.82) is 5.26 Å². The van der Waals surface area contributed by atoms with E-state index in [-0.39, 0.29) is 11.5 Å². The monoisotopic (exact) mass is 463 g/mol. The number of anilines is 1. The molecule has 0 unspecified atom stereocenters. The van der Waals surface area contributed by atoms with Gasteiger partial charge in [0.15, 0.2) is 11.5 Å². The van der Waals surface area contributed by atoms with Gasteiger partial charge >= 0.3 is 12.2 Å². The van der Waals surface area contributed by atoms with Crippen LogP contribution in [-0.4, -0.2) is 38.3 Å². The molecule has 0 saturated heterocycles. The van der Waals surface area contributed by atoms with Gasteiger partial charge in [-0.2, -0.15) is 10.2 Å². The van der Waals surface area contributed by atoms with Gasteiger partial charge in [-0.25, -0.2) is 19.6 Å². The van der Waals surface area contributed by atoms with Gasteiger partial charge in [-0.15, -0.1) is 6.42 Å². The molecule has 0 atom stereocenters. The minimum atomic E-state index is -0.998. The molecule has 0 aliphatic heterocycles. The summed E-state index contributed by atoms with van der Waals surface area (Å²) in [6, 6.07) is 5.61. The van der Waals surface area contributed by atoms with Crippen LogP contribution in [0.3, 0.4) is 0 Å². The molecule has 9 nitrogen and oxygen atoms in total. The van der Waals surface area contributed by atoms with Crippen LogP contribution in [0.15, 0.2) is 24.5 Å². The summed E-state index contributed by atoms with van der Waals surface area (Å²) in [5, 5.41) is 9.42. The summed E-state index contributed by atoms with van der Waals surface area (Å²) < 4.78 is 10.8. The van der Waals surface area contributed by atoms with Crippen LogP contribution in [0.2, 0.25) is 0 Å². The minimum Gasteiger partial charge on any atom is -0.443 e. The first kappa shape index (κ1) is 26.3. The number of nitrogens with zero attached hydrogens (tertiary/aromatic N) is 5. The van der Waals surface area contributed by atoms with Crippen molar-refractivity contribution in [2.24, 2.45) is 0 Å². The number of carbonyl (C=O) groups is 2. The smallest absolute Gasteiger partial charge is 0.425 e. The summed E-state index contributed by atoms with van der Waals surface area (Å²) in [7, 11) is 0. The predicted molar refractivity (Wildman–Crippen MR) is 127 cm³/mol. The number of amides is 2. The van der Waals surface area contributed by atoms with Gasteiger partial charge in [0.25, 0.3) is 0 Å². The summed E-state index contributed by atoms with van der Waals surface area (Å²) >= 11 is 0. The Hall–Kier alpha value is -3.98. The van der Waals surface area contributed by atoms with Gasteiger partial charge in [0.1, 0.15) is 11.2 Å². The lowest BCUT2D eigenvalue weighted by molar-refractivity contribution is 0.0428. The van der Waals surface area contributed by atoms with E-state index in [1.54, 1.807) is 73.7 Å². The van der Waals surface area contributed by atoms with Crippen molar-refractivity contribution in [1.82, 2.24) is 15.0 Å². The van der Waals surface area contributed by atoms with Crippen molar-refractivity contribution < 1.29 is 19.1 Å². The summed E-state index contributed by atoms with van der Waals surface area (Å²) in [5.74, 6) is 2.19. The third-order valence-corrected chi connectivity index (χ3v) is 4.23. The van der Waals surface area contributed by atoms with E-state index in [2.05, 4.69) is 26.9 Å². The standard InChI is InChI=1S/C25H29N5O4/c1-10-17-20(30(21(31)33-23(2,3)4)22(32)34-24(5,6)7)28-14-18(29-17)16-11-12-27-19(13-16)25(8,9)15-26/h1,11-14H,2-9H3. The fourth-order valence-corrected chi connectivity index (χ4v) is 2.63. The summed E-state index contributed by atoms with van der Waals surface area (Å²) in [6.45, 7) is 13.5. The lowest BCUT2D eigenvalue weighted by atomic mass is 9.90. The molecule has 0 aliphatic rings. The average Bonchev–Trinajstić information content (AvgIpc) is 2.71. The van der Waals surface area contributed by atoms with Gasteiger partial charge in [0.2, 0.25) is 0 Å². The van der Waals surface area contributed by atoms with E-state index in [4.69, 9.17) is 15.9 Å². The maximum absolute atomic E-state index is 12.9. The fraction of sp³-hybridized carbons (Fsp3) is 0.440. The Morgan fingerprint density at radius 1 is 1.00 bits per heavy atom. The highest BCUT2D eigenvalue weighted by atomic mass is 16.6. The molecule has 0 radical (unpaired) electrons. The molecule has 9 heteroatoms. The first-order valence-electron chi connectivity index (χ1n) is 10.6. The Morgan fingerprint density at radius 3 is 2.03 bits per heavy atom. The van der Waals surface area contributed by atoms with E-state index in [1.807, 2.05) is 0 Å². The predicted octanol–water partition coefficient (Wildman–Crippen LogP) is 5.00. The molecule has 0 spiro atoms. The van der Waals surface area contributed by atoms with Crippen LogP contribution >= 0.6 is 0 Å². The number of rotatable bonds is 3. The van der Waals surface area contributed by atoms with E-state index < -0.39 is 28.8 Å². The topological polar surface area (TPSA) is 118 Å². The van der Waals surface area contributed by atoms with Crippen LogP contribution in [0.25, 0.3) is 11.3 Å². The molecular formula is C25H29N5O4. The summed E-state index contributed by atoms with van der Waals surface area (Å²) in [4.78, 5) is 39.5. The molecule has 0 aromatic carbocycles. The zero-order chi connectivity index (χ0) is 25.9. The molecule has 2 heterocycles. The van der Waals surface area contributed by atoms with Crippen LogP contribution in [0.1, 0.15) is 66.8 Å². The molecule has 2 aromatic rings. The molecule has 2 rings (SSSR count). The highest BCUT2D eigenvalue weighted by Crippen LogP contribution is 2.27. The van der Waals surface area contributed by atoms with Gasteiger partial charge in [-0.3, -0.25) is 4.98 Å². The van der Waals surface area contributed by atoms with Crippen molar-refractivity contribution in [3.63, 3.8) is 0 Å². The van der Waals surface area contributed by atoms with Gasteiger partial charge in [-0.05, 0) is 73.4 Å². The van der Waals surface area contributed by atoms with Gasteiger partial charge < -0.3 is 9.47 Å². The lowest BCUT2D eigenvalue weighted by Crippen LogP contribution is -2.44. The van der Waals surface area contributed by atoms with Crippen LogP contribution < -0.4 is 4.90 Å². The van der Waals surface area contributed by atoms with Crippen molar-refractivity contribution in [3.05, 3.63) is 35.9 Å². The highest BCUT2D eigenvalue weighted by molar-refractivity contribution is 6.09. The Morgan fingerprint density at radius 2 is 1.56 bits per heavy atom. The zero-order valence-corrected chi connectivity index (χ0v) is 20.8. The van der Waals surface area contributed by atoms with Gasteiger partial charge in [-0.1, -0.05) is 0 Å². The number of imide groups is 1. The number of hydrogen-bond acceptors (Lipinski definition) is 8. The van der Waals surface area contributed by atoms with Gasteiger partial charge in [0.05, 0.1) is 29.1 Å². The second-order valence-electron chi connectivity index (χ2n) is 10.0. The molecule has 0 bridgehead atoms. The Balaban J connectivity index is 2.59. The number of carbonyl (C=O) groups excluding carboxylic acids is 2. The maximum atomic E-state index is 12.9. The van der Waals surface area contributed by atoms with Crippen molar-refractivity contribution in [2.45, 2.75) is 72.0 Å². The fourth-order valence-electron chi connectivity index (χ4n) is 2.63. The quantitative estimate of drug-likeness (QED) is 0.584. The molecule has 0 aliphatic carbocycles. The maximum Gasteiger partial charge on any atom is 0.425 e. The van der Waals surface area contributed by atoms with Crippen molar-refractivity contribution in [2.75, 3.05) is 4.90 Å². The average molecular weight is 464 g/mol. The second kappa shape index (κ2) is 9.48. The number of aromatic nitrogens is 3. The van der Waals surface area contributed by atoms with Crippen LogP contribution in [0, 0.1) is 23.7 Å². The largest absolute Gasteiger partial charge is 0.443 e. The number of hydrogen-bond donors (Lipinski definition) is 0. The summed E-state index contributed by atoms with van der Waals surface area (Å²) in [6.07, 6.45) is 6.61. The van der Waals surface area contributed by atoms with Gasteiger partial charge in [0, 0.05) is 11.8 Å². The molecule has 2 aromatic heterocycles. The molecule has 34 heavy (non-hydrogen) atoms. The number of pyridine rings is 1. The van der Waals surface area contributed by atoms with Crippen molar-refractivity contribution in [3.8, 4) is 29.7 Å². The highest BCUT2D eigenvalue weighted by Gasteiger charge is 2.35. The molecule has 0 fully saturated rings. The SMILES string of the molecule is C#Cc1nc(-c2ccnc(C(C)(C)C#N)c2)cnc1N(C(=O)OC(C)(C)C)C(=O)OC(C)(C)C. The number of ether oxygens (including phenoxy) is 2. The Kier molecular flexibility index (Phi) is 7.33. The van der Waals surface area contributed by atoms with E-state index in [1.165, 1.54) is 6.20 Å². The Labute approximate surface area is 200 Å². The second-order valence-corrected chi connectivity index (χ2v) is 10.0. The van der Waals surface area contributed by atoms with Crippen LogP contribution in [0.5, 0.6) is 0 Å². The zero-order valence-electron chi connectivity index (χ0n) is 20.8. The lowest BCUT2D eigenvalue weighted by Gasteiger charge is -2.28. The van der Waals surface area contributed by atoms with E-state index >= 15 is 0 Å². The van der Waals surface area contributed by atoms with E-state index in [9.17, 15) is 14.9 Å². The first-order chi connectivity index (χ1) is 15.6.